The molecule has 0 unspecified atom stereocenters. The molecule has 1 atom stereocenters. The Kier molecular flexibility index (Phi) is 6.80. The zero-order valence-corrected chi connectivity index (χ0v) is 12.3. The molecule has 0 aliphatic carbocycles. The van der Waals surface area contributed by atoms with Crippen LogP contribution >= 0.6 is 15.9 Å². The molecule has 1 aromatic carbocycles. The maximum Gasteiger partial charge on any atom is 0.315 e. The van der Waals surface area contributed by atoms with Crippen LogP contribution in [-0.4, -0.2) is 23.8 Å². The predicted octanol–water partition coefficient (Wildman–Crippen LogP) is 2.55. The number of aliphatic hydroxyl groups excluding tert-OH is 1. The number of hydrogen-bond acceptors (Lipinski definition) is 2. The van der Waals surface area contributed by atoms with Crippen LogP contribution in [0.2, 0.25) is 0 Å². The number of halogens is 2. The summed E-state index contributed by atoms with van der Waals surface area (Å²) < 4.78 is 13.8. The van der Waals surface area contributed by atoms with Crippen LogP contribution in [0.25, 0.3) is 0 Å². The first-order chi connectivity index (χ1) is 9.02. The van der Waals surface area contributed by atoms with E-state index in [-0.39, 0.29) is 18.4 Å². The zero-order valence-electron chi connectivity index (χ0n) is 10.7. The van der Waals surface area contributed by atoms with Gasteiger partial charge in [0.05, 0.1) is 6.10 Å². The number of aliphatic hydroxyl groups is 1. The van der Waals surface area contributed by atoms with Crippen molar-refractivity contribution in [1.82, 2.24) is 10.6 Å². The van der Waals surface area contributed by atoms with Gasteiger partial charge in [-0.05, 0) is 36.6 Å². The summed E-state index contributed by atoms with van der Waals surface area (Å²) in [6, 6.07) is 3.98. The Bertz CT molecular complexity index is 429. The fourth-order valence-electron chi connectivity index (χ4n) is 1.47. The maximum atomic E-state index is 13.0. The van der Waals surface area contributed by atoms with Crippen LogP contribution in [0.3, 0.4) is 0 Å². The molecule has 0 saturated carbocycles. The van der Waals surface area contributed by atoms with Gasteiger partial charge in [0, 0.05) is 17.6 Å². The van der Waals surface area contributed by atoms with Gasteiger partial charge in [-0.25, -0.2) is 9.18 Å². The molecule has 0 aliphatic heterocycles. The second-order valence-corrected chi connectivity index (χ2v) is 5.05. The van der Waals surface area contributed by atoms with E-state index in [0.717, 1.165) is 4.47 Å². The number of carbonyl (C=O) groups is 1. The largest absolute Gasteiger partial charge is 0.393 e. The van der Waals surface area contributed by atoms with E-state index in [1.54, 1.807) is 6.07 Å². The third kappa shape index (κ3) is 6.02. The highest BCUT2D eigenvalue weighted by molar-refractivity contribution is 9.10. The average molecular weight is 333 g/mol. The first-order valence-electron chi connectivity index (χ1n) is 6.16. The van der Waals surface area contributed by atoms with Gasteiger partial charge in [-0.3, -0.25) is 0 Å². The molecule has 1 aromatic rings. The Morgan fingerprint density at radius 1 is 1.47 bits per heavy atom. The third-order valence-corrected chi connectivity index (χ3v) is 3.46. The Morgan fingerprint density at radius 2 is 2.21 bits per heavy atom. The highest BCUT2D eigenvalue weighted by atomic mass is 79.9. The fourth-order valence-corrected chi connectivity index (χ4v) is 1.86. The van der Waals surface area contributed by atoms with Gasteiger partial charge >= 0.3 is 6.03 Å². The maximum absolute atomic E-state index is 13.0. The quantitative estimate of drug-likeness (QED) is 0.749. The molecule has 0 bridgehead atoms. The van der Waals surface area contributed by atoms with Crippen LogP contribution < -0.4 is 10.6 Å². The summed E-state index contributed by atoms with van der Waals surface area (Å²) in [6.45, 7) is 2.53. The van der Waals surface area contributed by atoms with Crippen LogP contribution in [0, 0.1) is 5.82 Å². The Labute approximate surface area is 120 Å². The highest BCUT2D eigenvalue weighted by Crippen LogP contribution is 2.17. The Hall–Kier alpha value is -1.14. The number of amides is 2. The smallest absolute Gasteiger partial charge is 0.315 e. The second kappa shape index (κ2) is 8.12. The summed E-state index contributed by atoms with van der Waals surface area (Å²) in [7, 11) is 0. The lowest BCUT2D eigenvalue weighted by Crippen LogP contribution is -2.36. The zero-order chi connectivity index (χ0) is 14.3. The minimum absolute atomic E-state index is 0.237. The van der Waals surface area contributed by atoms with Crippen molar-refractivity contribution in [3.05, 3.63) is 34.1 Å². The van der Waals surface area contributed by atoms with Crippen LogP contribution in [-0.2, 0) is 6.54 Å². The van der Waals surface area contributed by atoms with Crippen LogP contribution in [0.15, 0.2) is 22.7 Å². The monoisotopic (exact) mass is 332 g/mol. The molecule has 1 rings (SSSR count). The topological polar surface area (TPSA) is 61.4 Å². The molecule has 19 heavy (non-hydrogen) atoms. The molecule has 0 aliphatic rings. The number of rotatable bonds is 6. The minimum atomic E-state index is -0.391. The standard InChI is InChI=1S/C13H18BrFN2O2/c1-2-11(18)5-6-16-13(19)17-8-9-7-10(15)3-4-12(9)14/h3-4,7,11,18H,2,5-6,8H2,1H3,(H2,16,17,19)/t11-/m0/s1. The summed E-state index contributed by atoms with van der Waals surface area (Å²) in [5.74, 6) is -0.341. The SMILES string of the molecule is CC[C@H](O)CCNC(=O)NCc1cc(F)ccc1Br. The summed E-state index contributed by atoms with van der Waals surface area (Å²) in [6.07, 6.45) is 0.797. The number of carbonyl (C=O) groups excluding carboxylic acids is 1. The average Bonchev–Trinajstić information content (AvgIpc) is 2.39. The number of nitrogens with one attached hydrogen (secondary N) is 2. The van der Waals surface area contributed by atoms with Crippen molar-refractivity contribution in [3.8, 4) is 0 Å². The van der Waals surface area contributed by atoms with E-state index in [9.17, 15) is 14.3 Å². The molecule has 4 nitrogen and oxygen atoms in total. The van der Waals surface area contributed by atoms with Crippen molar-refractivity contribution in [1.29, 1.82) is 0 Å². The highest BCUT2D eigenvalue weighted by Gasteiger charge is 2.05. The van der Waals surface area contributed by atoms with Gasteiger partial charge in [-0.15, -0.1) is 0 Å². The summed E-state index contributed by atoms with van der Waals surface area (Å²) >= 11 is 3.29. The van der Waals surface area contributed by atoms with Crippen molar-refractivity contribution in [2.24, 2.45) is 0 Å². The van der Waals surface area contributed by atoms with Crippen molar-refractivity contribution < 1.29 is 14.3 Å². The van der Waals surface area contributed by atoms with E-state index in [0.29, 0.717) is 24.9 Å². The van der Waals surface area contributed by atoms with Gasteiger partial charge in [0.25, 0.3) is 0 Å². The Morgan fingerprint density at radius 3 is 2.89 bits per heavy atom. The molecule has 3 N–H and O–H groups in total. The van der Waals surface area contributed by atoms with Crippen LogP contribution in [0.4, 0.5) is 9.18 Å². The molecule has 2 amide bonds. The van der Waals surface area contributed by atoms with E-state index in [1.165, 1.54) is 12.1 Å². The number of hydrogen-bond donors (Lipinski definition) is 3. The molecule has 0 heterocycles. The molecule has 0 saturated heterocycles. The second-order valence-electron chi connectivity index (χ2n) is 4.20. The molecular weight excluding hydrogens is 315 g/mol. The van der Waals surface area contributed by atoms with Crippen molar-refractivity contribution in [2.45, 2.75) is 32.4 Å². The Balaban J connectivity index is 2.32. The molecule has 0 fully saturated rings. The van der Waals surface area contributed by atoms with Gasteiger partial charge < -0.3 is 15.7 Å². The van der Waals surface area contributed by atoms with Gasteiger partial charge in [0.1, 0.15) is 5.82 Å². The van der Waals surface area contributed by atoms with E-state index >= 15 is 0 Å². The lowest BCUT2D eigenvalue weighted by atomic mass is 10.2. The van der Waals surface area contributed by atoms with Gasteiger partial charge in [-0.2, -0.15) is 0 Å². The lowest BCUT2D eigenvalue weighted by molar-refractivity contribution is 0.160. The molecule has 106 valence electrons. The van der Waals surface area contributed by atoms with Crippen molar-refractivity contribution in [3.63, 3.8) is 0 Å². The normalized spacial score (nSPS) is 12.0. The molecule has 6 heteroatoms. The molecule has 0 radical (unpaired) electrons. The van der Waals surface area contributed by atoms with E-state index in [2.05, 4.69) is 26.6 Å². The van der Waals surface area contributed by atoms with Crippen LogP contribution in [0.1, 0.15) is 25.3 Å². The third-order valence-electron chi connectivity index (χ3n) is 2.68. The first kappa shape index (κ1) is 15.9. The lowest BCUT2D eigenvalue weighted by Gasteiger charge is -2.10. The first-order valence-corrected chi connectivity index (χ1v) is 6.96. The molecule has 0 aromatic heterocycles. The van der Waals surface area contributed by atoms with Gasteiger partial charge in [0.2, 0.25) is 0 Å². The number of benzene rings is 1. The van der Waals surface area contributed by atoms with Crippen molar-refractivity contribution >= 4 is 22.0 Å². The van der Waals surface area contributed by atoms with E-state index in [1.807, 2.05) is 6.92 Å². The van der Waals surface area contributed by atoms with E-state index < -0.39 is 6.10 Å². The number of urea groups is 1. The van der Waals surface area contributed by atoms with Crippen molar-refractivity contribution in [2.75, 3.05) is 6.54 Å². The summed E-state index contributed by atoms with van der Waals surface area (Å²) in [4.78, 5) is 11.5. The summed E-state index contributed by atoms with van der Waals surface area (Å²) in [5, 5.41) is 14.6. The van der Waals surface area contributed by atoms with E-state index in [4.69, 9.17) is 0 Å². The summed E-state index contributed by atoms with van der Waals surface area (Å²) in [5.41, 5.74) is 0.670. The molecular formula is C13H18BrFN2O2. The van der Waals surface area contributed by atoms with Crippen LogP contribution in [0.5, 0.6) is 0 Å². The van der Waals surface area contributed by atoms with Gasteiger partial charge in [0.15, 0.2) is 0 Å². The molecule has 0 spiro atoms. The predicted molar refractivity (Wildman–Crippen MR) is 75.3 cm³/mol. The fraction of sp³-hybridized carbons (Fsp3) is 0.462. The minimum Gasteiger partial charge on any atom is -0.393 e. The van der Waals surface area contributed by atoms with Gasteiger partial charge in [-0.1, -0.05) is 22.9 Å².